The maximum atomic E-state index is 12.7. The summed E-state index contributed by atoms with van der Waals surface area (Å²) in [6.45, 7) is 5.43. The molecule has 3 rings (SSSR count). The van der Waals surface area contributed by atoms with Crippen LogP contribution in [0, 0.1) is 5.92 Å². The standard InChI is InChI=1S/C21H28N4O2S/c1-15(2)14-20(26)23-19-8-11-22-25(19)17-9-12-24(13-10-17)21(27)16-4-6-18(28-3)7-5-16/h4-8,11,15,17H,9-10,12-14H2,1-3H3,(H,23,26). The van der Waals surface area contributed by atoms with Gasteiger partial charge in [0.15, 0.2) is 0 Å². The molecular formula is C21H28N4O2S. The fourth-order valence-electron chi connectivity index (χ4n) is 3.50. The number of amides is 2. The fraction of sp³-hybridized carbons (Fsp3) is 0.476. The average molecular weight is 401 g/mol. The van der Waals surface area contributed by atoms with Crippen LogP contribution >= 0.6 is 11.8 Å². The summed E-state index contributed by atoms with van der Waals surface area (Å²) in [5.41, 5.74) is 0.733. The Balaban J connectivity index is 1.59. The molecule has 1 N–H and O–H groups in total. The molecule has 2 heterocycles. The normalized spacial score (nSPS) is 15.1. The predicted octanol–water partition coefficient (Wildman–Crippen LogP) is 4.07. The molecule has 7 heteroatoms. The van der Waals surface area contributed by atoms with Crippen LogP contribution < -0.4 is 5.32 Å². The highest BCUT2D eigenvalue weighted by Gasteiger charge is 2.26. The lowest BCUT2D eigenvalue weighted by Gasteiger charge is -2.32. The molecule has 28 heavy (non-hydrogen) atoms. The molecule has 0 unspecified atom stereocenters. The van der Waals surface area contributed by atoms with E-state index in [1.165, 1.54) is 0 Å². The number of hydrogen-bond donors (Lipinski definition) is 1. The number of hydrogen-bond acceptors (Lipinski definition) is 4. The van der Waals surface area contributed by atoms with E-state index in [0.717, 1.165) is 29.1 Å². The summed E-state index contributed by atoms with van der Waals surface area (Å²) in [5, 5.41) is 7.38. The van der Waals surface area contributed by atoms with Crippen LogP contribution in [0.3, 0.4) is 0 Å². The quantitative estimate of drug-likeness (QED) is 0.743. The van der Waals surface area contributed by atoms with Gasteiger partial charge in [-0.1, -0.05) is 13.8 Å². The lowest BCUT2D eigenvalue weighted by molar-refractivity contribution is -0.116. The molecular weight excluding hydrogens is 372 g/mol. The van der Waals surface area contributed by atoms with Crippen LogP contribution in [0.2, 0.25) is 0 Å². The molecule has 1 fully saturated rings. The maximum Gasteiger partial charge on any atom is 0.253 e. The third-order valence-electron chi connectivity index (χ3n) is 4.97. The van der Waals surface area contributed by atoms with Gasteiger partial charge in [-0.2, -0.15) is 5.10 Å². The van der Waals surface area contributed by atoms with Crippen molar-refractivity contribution in [3.63, 3.8) is 0 Å². The summed E-state index contributed by atoms with van der Waals surface area (Å²) in [6.07, 6.45) is 5.88. The van der Waals surface area contributed by atoms with E-state index in [-0.39, 0.29) is 17.9 Å². The summed E-state index contributed by atoms with van der Waals surface area (Å²) in [4.78, 5) is 27.9. The van der Waals surface area contributed by atoms with Crippen LogP contribution in [0.25, 0.3) is 0 Å². The zero-order valence-corrected chi connectivity index (χ0v) is 17.5. The van der Waals surface area contributed by atoms with Crippen LogP contribution in [0.1, 0.15) is 49.5 Å². The van der Waals surface area contributed by atoms with Gasteiger partial charge in [0.05, 0.1) is 12.2 Å². The highest BCUT2D eigenvalue weighted by atomic mass is 32.2. The van der Waals surface area contributed by atoms with Crippen molar-refractivity contribution in [2.24, 2.45) is 5.92 Å². The summed E-state index contributed by atoms with van der Waals surface area (Å²) in [7, 11) is 0. The molecule has 1 aromatic carbocycles. The highest BCUT2D eigenvalue weighted by molar-refractivity contribution is 7.98. The average Bonchev–Trinajstić information content (AvgIpc) is 3.15. The Labute approximate surface area is 170 Å². The SMILES string of the molecule is CSc1ccc(C(=O)N2CCC(n3nccc3NC(=O)CC(C)C)CC2)cc1. The first-order valence-corrected chi connectivity index (χ1v) is 11.0. The highest BCUT2D eigenvalue weighted by Crippen LogP contribution is 2.26. The van der Waals surface area contributed by atoms with E-state index < -0.39 is 0 Å². The number of nitrogens with one attached hydrogen (secondary N) is 1. The summed E-state index contributed by atoms with van der Waals surface area (Å²) in [5.74, 6) is 1.15. The number of likely N-dealkylation sites (tertiary alicyclic amines) is 1. The van der Waals surface area contributed by atoms with Gasteiger partial charge < -0.3 is 10.2 Å². The maximum absolute atomic E-state index is 12.7. The molecule has 0 saturated carbocycles. The summed E-state index contributed by atoms with van der Waals surface area (Å²) >= 11 is 1.67. The Bertz CT molecular complexity index is 808. The van der Waals surface area contributed by atoms with Gasteiger partial charge in [-0.15, -0.1) is 11.8 Å². The molecule has 1 aliphatic rings. The van der Waals surface area contributed by atoms with Crippen molar-refractivity contribution >= 4 is 29.4 Å². The van der Waals surface area contributed by atoms with Crippen LogP contribution in [-0.4, -0.2) is 45.8 Å². The van der Waals surface area contributed by atoms with Crippen LogP contribution in [0.4, 0.5) is 5.82 Å². The minimum Gasteiger partial charge on any atom is -0.338 e. The molecule has 6 nitrogen and oxygen atoms in total. The first kappa shape index (κ1) is 20.5. The smallest absolute Gasteiger partial charge is 0.253 e. The van der Waals surface area contributed by atoms with Crippen molar-refractivity contribution in [1.29, 1.82) is 0 Å². The number of aromatic nitrogens is 2. The van der Waals surface area contributed by atoms with Gasteiger partial charge >= 0.3 is 0 Å². The van der Waals surface area contributed by atoms with Crippen LogP contribution in [0.5, 0.6) is 0 Å². The monoisotopic (exact) mass is 400 g/mol. The molecule has 2 aromatic rings. The van der Waals surface area contributed by atoms with Gasteiger partial charge in [-0.3, -0.25) is 9.59 Å². The number of carbonyl (C=O) groups excluding carboxylic acids is 2. The first-order valence-electron chi connectivity index (χ1n) is 9.74. The van der Waals surface area contributed by atoms with E-state index in [1.54, 1.807) is 18.0 Å². The van der Waals surface area contributed by atoms with Gasteiger partial charge in [-0.25, -0.2) is 4.68 Å². The molecule has 0 radical (unpaired) electrons. The lowest BCUT2D eigenvalue weighted by atomic mass is 10.0. The van der Waals surface area contributed by atoms with E-state index in [9.17, 15) is 9.59 Å². The molecule has 0 spiro atoms. The topological polar surface area (TPSA) is 67.2 Å². The molecule has 1 aromatic heterocycles. The second-order valence-electron chi connectivity index (χ2n) is 7.56. The number of benzene rings is 1. The summed E-state index contributed by atoms with van der Waals surface area (Å²) < 4.78 is 1.90. The van der Waals surface area contributed by atoms with Gasteiger partial charge in [0, 0.05) is 36.0 Å². The Morgan fingerprint density at radius 2 is 1.86 bits per heavy atom. The molecule has 1 saturated heterocycles. The molecule has 0 atom stereocenters. The van der Waals surface area contributed by atoms with E-state index in [0.29, 0.717) is 25.4 Å². The third-order valence-corrected chi connectivity index (χ3v) is 5.71. The Morgan fingerprint density at radius 3 is 2.46 bits per heavy atom. The largest absolute Gasteiger partial charge is 0.338 e. The molecule has 150 valence electrons. The van der Waals surface area contributed by atoms with Crippen LogP contribution in [-0.2, 0) is 4.79 Å². The van der Waals surface area contributed by atoms with Crippen molar-refractivity contribution in [2.75, 3.05) is 24.7 Å². The van der Waals surface area contributed by atoms with E-state index in [2.05, 4.69) is 10.4 Å². The number of carbonyl (C=O) groups is 2. The third kappa shape index (κ3) is 4.95. The Kier molecular flexibility index (Phi) is 6.78. The number of thioether (sulfide) groups is 1. The van der Waals surface area contributed by atoms with Crippen molar-refractivity contribution in [2.45, 2.75) is 44.0 Å². The zero-order valence-electron chi connectivity index (χ0n) is 16.7. The van der Waals surface area contributed by atoms with Crippen molar-refractivity contribution < 1.29 is 9.59 Å². The van der Waals surface area contributed by atoms with Crippen molar-refractivity contribution in [3.8, 4) is 0 Å². The minimum absolute atomic E-state index is 0.0121. The number of piperidine rings is 1. The lowest BCUT2D eigenvalue weighted by Crippen LogP contribution is -2.39. The number of nitrogens with zero attached hydrogens (tertiary/aromatic N) is 3. The number of rotatable bonds is 6. The predicted molar refractivity (Wildman–Crippen MR) is 113 cm³/mol. The van der Waals surface area contributed by atoms with E-state index in [4.69, 9.17) is 0 Å². The minimum atomic E-state index is 0.0121. The summed E-state index contributed by atoms with van der Waals surface area (Å²) in [6, 6.07) is 9.79. The first-order chi connectivity index (χ1) is 13.5. The molecule has 1 aliphatic heterocycles. The second-order valence-corrected chi connectivity index (χ2v) is 8.44. The molecule has 0 bridgehead atoms. The van der Waals surface area contributed by atoms with Gasteiger partial charge in [-0.05, 0) is 49.3 Å². The fourth-order valence-corrected chi connectivity index (χ4v) is 3.91. The molecule has 0 aliphatic carbocycles. The Hall–Kier alpha value is -2.28. The van der Waals surface area contributed by atoms with Gasteiger partial charge in [0.25, 0.3) is 5.91 Å². The molecule has 2 amide bonds. The van der Waals surface area contributed by atoms with Gasteiger partial charge in [0.2, 0.25) is 5.91 Å². The van der Waals surface area contributed by atoms with Crippen molar-refractivity contribution in [3.05, 3.63) is 42.1 Å². The van der Waals surface area contributed by atoms with Gasteiger partial charge in [0.1, 0.15) is 5.82 Å². The number of anilines is 1. The second kappa shape index (κ2) is 9.28. The zero-order chi connectivity index (χ0) is 20.1. The van der Waals surface area contributed by atoms with Crippen molar-refractivity contribution in [1.82, 2.24) is 14.7 Å². The van der Waals surface area contributed by atoms with Crippen LogP contribution in [0.15, 0.2) is 41.4 Å². The van der Waals surface area contributed by atoms with E-state index in [1.807, 2.05) is 60.0 Å². The van der Waals surface area contributed by atoms with E-state index >= 15 is 0 Å². The Morgan fingerprint density at radius 1 is 1.18 bits per heavy atom.